The highest BCUT2D eigenvalue weighted by Gasteiger charge is 2.24. The molecular formula is C28H27NO3. The Morgan fingerprint density at radius 1 is 0.969 bits per heavy atom. The first-order valence-corrected chi connectivity index (χ1v) is 11.1. The maximum absolute atomic E-state index is 13.0. The Kier molecular flexibility index (Phi) is 5.54. The second kappa shape index (κ2) is 8.64. The van der Waals surface area contributed by atoms with Gasteiger partial charge < -0.3 is 9.15 Å². The van der Waals surface area contributed by atoms with E-state index in [-0.39, 0.29) is 5.63 Å². The van der Waals surface area contributed by atoms with Crippen molar-refractivity contribution in [1.29, 1.82) is 0 Å². The molecule has 32 heavy (non-hydrogen) atoms. The third-order valence-corrected chi connectivity index (χ3v) is 6.42. The summed E-state index contributed by atoms with van der Waals surface area (Å²) in [6.45, 7) is 6.35. The van der Waals surface area contributed by atoms with Gasteiger partial charge in [0.05, 0.1) is 5.56 Å². The predicted molar refractivity (Wildman–Crippen MR) is 127 cm³/mol. The van der Waals surface area contributed by atoms with Gasteiger partial charge in [-0.25, -0.2) is 4.79 Å². The standard InChI is InChI=1S/C28H27NO3/c1-19(22-11-7-4-8-12-22)16-29-17-25-26(31-18-29)14-13-23-20(2)24(28(30)32-27(23)25)15-21-9-5-3-6-10-21/h3-14,19H,15-18H2,1-2H3. The molecule has 0 saturated carbocycles. The molecule has 0 N–H and O–H groups in total. The molecule has 4 aromatic rings. The van der Waals surface area contributed by atoms with E-state index in [1.807, 2.05) is 55.5 Å². The van der Waals surface area contributed by atoms with E-state index >= 15 is 0 Å². The van der Waals surface area contributed by atoms with Crippen molar-refractivity contribution in [2.45, 2.75) is 32.7 Å². The van der Waals surface area contributed by atoms with Gasteiger partial charge in [0, 0.05) is 30.5 Å². The van der Waals surface area contributed by atoms with Crippen LogP contribution in [0.15, 0.2) is 82.0 Å². The molecule has 0 saturated heterocycles. The van der Waals surface area contributed by atoms with Gasteiger partial charge in [0.15, 0.2) is 0 Å². The first-order valence-electron chi connectivity index (χ1n) is 11.1. The molecule has 162 valence electrons. The Morgan fingerprint density at radius 3 is 2.44 bits per heavy atom. The summed E-state index contributed by atoms with van der Waals surface area (Å²) >= 11 is 0. The van der Waals surface area contributed by atoms with Crippen LogP contribution < -0.4 is 10.4 Å². The molecule has 1 aromatic heterocycles. The largest absolute Gasteiger partial charge is 0.478 e. The normalized spacial score (nSPS) is 14.7. The average molecular weight is 426 g/mol. The number of rotatable bonds is 5. The van der Waals surface area contributed by atoms with Gasteiger partial charge in [-0.3, -0.25) is 4.90 Å². The lowest BCUT2D eigenvalue weighted by Crippen LogP contribution is -2.35. The topological polar surface area (TPSA) is 42.7 Å². The molecule has 0 bridgehead atoms. The lowest BCUT2D eigenvalue weighted by molar-refractivity contribution is 0.0909. The maximum Gasteiger partial charge on any atom is 0.340 e. The summed E-state index contributed by atoms with van der Waals surface area (Å²) in [5.41, 5.74) is 5.46. The number of hydrogen-bond donors (Lipinski definition) is 0. The fourth-order valence-electron chi connectivity index (χ4n) is 4.60. The molecule has 4 heteroatoms. The maximum atomic E-state index is 13.0. The van der Waals surface area contributed by atoms with Crippen LogP contribution in [0.1, 0.15) is 40.7 Å². The molecule has 0 spiro atoms. The van der Waals surface area contributed by atoms with Crippen molar-refractivity contribution in [3.05, 3.63) is 111 Å². The quantitative estimate of drug-likeness (QED) is 0.388. The third-order valence-electron chi connectivity index (χ3n) is 6.42. The van der Waals surface area contributed by atoms with Crippen molar-refractivity contribution in [3.63, 3.8) is 0 Å². The zero-order valence-electron chi connectivity index (χ0n) is 18.5. The van der Waals surface area contributed by atoms with E-state index in [4.69, 9.17) is 9.15 Å². The van der Waals surface area contributed by atoms with Gasteiger partial charge in [0.1, 0.15) is 18.1 Å². The molecule has 4 nitrogen and oxygen atoms in total. The predicted octanol–water partition coefficient (Wildman–Crippen LogP) is 5.65. The Labute approximate surface area is 188 Å². The Bertz CT molecular complexity index is 1300. The smallest absolute Gasteiger partial charge is 0.340 e. The molecule has 0 radical (unpaired) electrons. The molecule has 1 aliphatic heterocycles. The number of aryl methyl sites for hydroxylation is 1. The van der Waals surface area contributed by atoms with Gasteiger partial charge in [0.25, 0.3) is 0 Å². The van der Waals surface area contributed by atoms with E-state index in [1.54, 1.807) is 0 Å². The van der Waals surface area contributed by atoms with E-state index in [2.05, 4.69) is 36.1 Å². The highest BCUT2D eigenvalue weighted by molar-refractivity contribution is 5.86. The molecule has 0 fully saturated rings. The summed E-state index contributed by atoms with van der Waals surface area (Å²) < 4.78 is 12.0. The Morgan fingerprint density at radius 2 is 1.69 bits per heavy atom. The van der Waals surface area contributed by atoms with Crippen LogP contribution in [0.5, 0.6) is 5.75 Å². The number of hydrogen-bond acceptors (Lipinski definition) is 4. The minimum Gasteiger partial charge on any atom is -0.478 e. The van der Waals surface area contributed by atoms with Gasteiger partial charge in [-0.2, -0.15) is 0 Å². The van der Waals surface area contributed by atoms with Gasteiger partial charge in [0.2, 0.25) is 0 Å². The van der Waals surface area contributed by atoms with Crippen molar-refractivity contribution in [1.82, 2.24) is 4.90 Å². The fourth-order valence-corrected chi connectivity index (χ4v) is 4.60. The van der Waals surface area contributed by atoms with E-state index < -0.39 is 0 Å². The average Bonchev–Trinajstić information content (AvgIpc) is 2.83. The minimum absolute atomic E-state index is 0.262. The van der Waals surface area contributed by atoms with Crippen LogP contribution in [0.2, 0.25) is 0 Å². The lowest BCUT2D eigenvalue weighted by Gasteiger charge is -2.31. The highest BCUT2D eigenvalue weighted by atomic mass is 16.5. The van der Waals surface area contributed by atoms with Crippen LogP contribution in [0.3, 0.4) is 0 Å². The molecule has 5 rings (SSSR count). The first-order chi connectivity index (χ1) is 15.6. The summed E-state index contributed by atoms with van der Waals surface area (Å²) in [5, 5.41) is 0.982. The highest BCUT2D eigenvalue weighted by Crippen LogP contribution is 2.34. The van der Waals surface area contributed by atoms with Gasteiger partial charge >= 0.3 is 5.63 Å². The molecule has 2 heterocycles. The van der Waals surface area contributed by atoms with E-state index in [9.17, 15) is 4.79 Å². The number of nitrogens with zero attached hydrogens (tertiary/aromatic N) is 1. The minimum atomic E-state index is -0.262. The number of ether oxygens (including phenoxy) is 1. The molecule has 3 aromatic carbocycles. The summed E-state index contributed by atoms with van der Waals surface area (Å²) in [6, 6.07) is 24.6. The van der Waals surface area contributed by atoms with Crippen LogP contribution in [-0.4, -0.2) is 18.2 Å². The van der Waals surface area contributed by atoms with Crippen LogP contribution in [-0.2, 0) is 13.0 Å². The molecular weight excluding hydrogens is 398 g/mol. The zero-order chi connectivity index (χ0) is 22.1. The Balaban J connectivity index is 1.46. The van der Waals surface area contributed by atoms with Crippen molar-refractivity contribution in [2.75, 3.05) is 13.3 Å². The van der Waals surface area contributed by atoms with Gasteiger partial charge in [-0.1, -0.05) is 67.6 Å². The van der Waals surface area contributed by atoms with Crippen molar-refractivity contribution < 1.29 is 9.15 Å². The number of fused-ring (bicyclic) bond motifs is 3. The Hall–Kier alpha value is -3.37. The van der Waals surface area contributed by atoms with Crippen molar-refractivity contribution in [2.24, 2.45) is 0 Å². The van der Waals surface area contributed by atoms with E-state index in [0.29, 0.717) is 31.2 Å². The summed E-state index contributed by atoms with van der Waals surface area (Å²) in [6.07, 6.45) is 0.569. The van der Waals surface area contributed by atoms with Crippen LogP contribution in [0.25, 0.3) is 11.0 Å². The summed E-state index contributed by atoms with van der Waals surface area (Å²) in [5.74, 6) is 1.18. The monoisotopic (exact) mass is 425 g/mol. The van der Waals surface area contributed by atoms with E-state index in [0.717, 1.165) is 39.9 Å². The van der Waals surface area contributed by atoms with Crippen LogP contribution >= 0.6 is 0 Å². The molecule has 0 aliphatic carbocycles. The molecule has 1 unspecified atom stereocenters. The lowest BCUT2D eigenvalue weighted by atomic mass is 9.97. The van der Waals surface area contributed by atoms with Crippen molar-refractivity contribution >= 4 is 11.0 Å². The van der Waals surface area contributed by atoms with Crippen LogP contribution in [0, 0.1) is 6.92 Å². The molecule has 0 amide bonds. The SMILES string of the molecule is Cc1c(Cc2ccccc2)c(=O)oc2c3c(ccc12)OCN(CC(C)c1ccccc1)C3. The number of benzene rings is 3. The van der Waals surface area contributed by atoms with Gasteiger partial charge in [-0.05, 0) is 41.7 Å². The third kappa shape index (κ3) is 3.94. The molecule has 1 aliphatic rings. The first kappa shape index (κ1) is 20.5. The summed E-state index contributed by atoms with van der Waals surface area (Å²) in [7, 11) is 0. The van der Waals surface area contributed by atoms with Gasteiger partial charge in [-0.15, -0.1) is 0 Å². The summed E-state index contributed by atoms with van der Waals surface area (Å²) in [4.78, 5) is 15.2. The zero-order valence-corrected chi connectivity index (χ0v) is 18.5. The fraction of sp³-hybridized carbons (Fsp3) is 0.250. The van der Waals surface area contributed by atoms with E-state index in [1.165, 1.54) is 5.56 Å². The van der Waals surface area contributed by atoms with Crippen LogP contribution in [0.4, 0.5) is 0 Å². The second-order valence-electron chi connectivity index (χ2n) is 8.67. The molecule has 1 atom stereocenters. The second-order valence-corrected chi connectivity index (χ2v) is 8.67. The van der Waals surface area contributed by atoms with Crippen molar-refractivity contribution in [3.8, 4) is 5.75 Å².